The zero-order valence-corrected chi connectivity index (χ0v) is 14.5. The normalized spacial score (nSPS) is 12.1. The van der Waals surface area contributed by atoms with E-state index in [-0.39, 0.29) is 11.7 Å². The maximum Gasteiger partial charge on any atom is 0.344 e. The summed E-state index contributed by atoms with van der Waals surface area (Å²) < 4.78 is 15.6. The van der Waals surface area contributed by atoms with Crippen LogP contribution in [0.5, 0.6) is 5.75 Å². The molecule has 1 aromatic carbocycles. The first kappa shape index (κ1) is 17.7. The van der Waals surface area contributed by atoms with E-state index < -0.39 is 12.1 Å². The summed E-state index contributed by atoms with van der Waals surface area (Å²) in [6.07, 6.45) is -0.916. The summed E-state index contributed by atoms with van der Waals surface area (Å²) in [5, 5.41) is 3.81. The average Bonchev–Trinajstić information content (AvgIpc) is 2.96. The van der Waals surface area contributed by atoms with Crippen LogP contribution in [0.15, 0.2) is 28.8 Å². The standard InChI is InChI=1S/C18H21NO5/c1-10(2)17-15(11(3)19-24-17)18(21)23-12(4)16(20)13-6-8-14(22-5)9-7-13/h6-10,12H,1-5H3/t12-/m0/s1. The van der Waals surface area contributed by atoms with Crippen molar-refractivity contribution in [2.45, 2.75) is 39.7 Å². The Morgan fingerprint density at radius 2 is 1.75 bits per heavy atom. The van der Waals surface area contributed by atoms with Gasteiger partial charge in [0.15, 0.2) is 11.9 Å². The summed E-state index contributed by atoms with van der Waals surface area (Å²) in [6, 6.07) is 6.64. The van der Waals surface area contributed by atoms with Crippen molar-refractivity contribution in [2.24, 2.45) is 0 Å². The van der Waals surface area contributed by atoms with Gasteiger partial charge >= 0.3 is 5.97 Å². The fraction of sp³-hybridized carbons (Fsp3) is 0.389. The molecule has 128 valence electrons. The number of carbonyl (C=O) groups excluding carboxylic acids is 2. The van der Waals surface area contributed by atoms with Gasteiger partial charge in [0.05, 0.1) is 12.8 Å². The second-order valence-corrected chi connectivity index (χ2v) is 5.80. The van der Waals surface area contributed by atoms with Gasteiger partial charge in [0.25, 0.3) is 0 Å². The van der Waals surface area contributed by atoms with Crippen LogP contribution in [0, 0.1) is 6.92 Å². The van der Waals surface area contributed by atoms with E-state index in [0.717, 1.165) is 0 Å². The van der Waals surface area contributed by atoms with Crippen LogP contribution < -0.4 is 4.74 Å². The molecule has 0 bridgehead atoms. The largest absolute Gasteiger partial charge is 0.497 e. The summed E-state index contributed by atoms with van der Waals surface area (Å²) in [5.74, 6) is 0.207. The fourth-order valence-electron chi connectivity index (χ4n) is 2.29. The molecule has 0 fully saturated rings. The smallest absolute Gasteiger partial charge is 0.344 e. The van der Waals surface area contributed by atoms with Gasteiger partial charge in [-0.1, -0.05) is 19.0 Å². The highest BCUT2D eigenvalue weighted by molar-refractivity contribution is 6.01. The number of hydrogen-bond donors (Lipinski definition) is 0. The van der Waals surface area contributed by atoms with Crippen molar-refractivity contribution in [3.05, 3.63) is 46.8 Å². The molecule has 2 rings (SSSR count). The van der Waals surface area contributed by atoms with Crippen LogP contribution in [0.4, 0.5) is 0 Å². The third-order valence-corrected chi connectivity index (χ3v) is 3.65. The third kappa shape index (κ3) is 3.64. The SMILES string of the molecule is COc1ccc(C(=O)[C@H](C)OC(=O)c2c(C)noc2C(C)C)cc1. The van der Waals surface area contributed by atoms with Gasteiger partial charge in [-0.25, -0.2) is 4.79 Å². The number of benzene rings is 1. The molecule has 0 radical (unpaired) electrons. The van der Waals surface area contributed by atoms with Crippen LogP contribution in [0.25, 0.3) is 0 Å². The van der Waals surface area contributed by atoms with Crippen LogP contribution >= 0.6 is 0 Å². The molecule has 0 aliphatic rings. The number of carbonyl (C=O) groups is 2. The van der Waals surface area contributed by atoms with Crippen molar-refractivity contribution >= 4 is 11.8 Å². The summed E-state index contributed by atoms with van der Waals surface area (Å²) >= 11 is 0. The molecule has 0 spiro atoms. The zero-order valence-electron chi connectivity index (χ0n) is 14.5. The van der Waals surface area contributed by atoms with E-state index in [9.17, 15) is 9.59 Å². The molecule has 24 heavy (non-hydrogen) atoms. The van der Waals surface area contributed by atoms with Gasteiger partial charge in [-0.05, 0) is 38.1 Å². The zero-order chi connectivity index (χ0) is 17.9. The number of aromatic nitrogens is 1. The van der Waals surface area contributed by atoms with E-state index in [4.69, 9.17) is 14.0 Å². The highest BCUT2D eigenvalue weighted by Gasteiger charge is 2.27. The monoisotopic (exact) mass is 331 g/mol. The van der Waals surface area contributed by atoms with Crippen molar-refractivity contribution in [3.63, 3.8) is 0 Å². The van der Waals surface area contributed by atoms with Gasteiger partial charge in [0.1, 0.15) is 11.3 Å². The highest BCUT2D eigenvalue weighted by atomic mass is 16.5. The minimum absolute atomic E-state index is 0.0126. The number of Topliss-reactive ketones (excluding diaryl/α,β-unsaturated/α-hetero) is 1. The first-order valence-corrected chi connectivity index (χ1v) is 7.70. The minimum atomic E-state index is -0.916. The van der Waals surface area contributed by atoms with Gasteiger partial charge in [0.2, 0.25) is 5.78 Å². The molecule has 0 aliphatic heterocycles. The van der Waals surface area contributed by atoms with Crippen LogP contribution in [-0.2, 0) is 4.74 Å². The summed E-state index contributed by atoms with van der Waals surface area (Å²) in [4.78, 5) is 24.8. The molecule has 6 heteroatoms. The highest BCUT2D eigenvalue weighted by Crippen LogP contribution is 2.24. The number of rotatable bonds is 6. The topological polar surface area (TPSA) is 78.6 Å². The van der Waals surface area contributed by atoms with Crippen molar-refractivity contribution < 1.29 is 23.6 Å². The summed E-state index contributed by atoms with van der Waals surface area (Å²) in [7, 11) is 1.55. The molecule has 1 heterocycles. The molecule has 0 aliphatic carbocycles. The molecular weight excluding hydrogens is 310 g/mol. The predicted molar refractivity (Wildman–Crippen MR) is 87.5 cm³/mol. The number of ether oxygens (including phenoxy) is 2. The lowest BCUT2D eigenvalue weighted by Gasteiger charge is -2.13. The summed E-state index contributed by atoms with van der Waals surface area (Å²) in [6.45, 7) is 7.00. The van der Waals surface area contributed by atoms with Gasteiger partial charge in [-0.3, -0.25) is 4.79 Å². The van der Waals surface area contributed by atoms with E-state index in [0.29, 0.717) is 28.3 Å². The first-order valence-electron chi connectivity index (χ1n) is 7.70. The van der Waals surface area contributed by atoms with E-state index in [1.165, 1.54) is 0 Å². The van der Waals surface area contributed by atoms with Crippen LogP contribution in [-0.4, -0.2) is 30.1 Å². The second kappa shape index (κ2) is 7.29. The number of esters is 1. The molecule has 0 saturated heterocycles. The fourth-order valence-corrected chi connectivity index (χ4v) is 2.29. The number of ketones is 1. The number of methoxy groups -OCH3 is 1. The van der Waals surface area contributed by atoms with Crippen LogP contribution in [0.2, 0.25) is 0 Å². The van der Waals surface area contributed by atoms with Gasteiger partial charge < -0.3 is 14.0 Å². The number of aryl methyl sites for hydroxylation is 1. The van der Waals surface area contributed by atoms with Gasteiger partial charge in [-0.15, -0.1) is 0 Å². The van der Waals surface area contributed by atoms with Gasteiger partial charge in [0, 0.05) is 11.5 Å². The Hall–Kier alpha value is -2.63. The van der Waals surface area contributed by atoms with Crippen LogP contribution in [0.1, 0.15) is 58.9 Å². The van der Waals surface area contributed by atoms with Crippen molar-refractivity contribution in [1.29, 1.82) is 0 Å². The Morgan fingerprint density at radius 3 is 2.29 bits per heavy atom. The lowest BCUT2D eigenvalue weighted by Crippen LogP contribution is -2.25. The maximum atomic E-state index is 12.4. The van der Waals surface area contributed by atoms with Crippen molar-refractivity contribution in [2.75, 3.05) is 7.11 Å². The molecule has 6 nitrogen and oxygen atoms in total. The molecule has 2 aromatic rings. The maximum absolute atomic E-state index is 12.4. The third-order valence-electron chi connectivity index (χ3n) is 3.65. The Morgan fingerprint density at radius 1 is 1.12 bits per heavy atom. The van der Waals surface area contributed by atoms with E-state index in [1.807, 2.05) is 13.8 Å². The molecule has 0 unspecified atom stereocenters. The van der Waals surface area contributed by atoms with E-state index >= 15 is 0 Å². The number of nitrogens with zero attached hydrogens (tertiary/aromatic N) is 1. The average molecular weight is 331 g/mol. The van der Waals surface area contributed by atoms with Crippen LogP contribution in [0.3, 0.4) is 0 Å². The Balaban J connectivity index is 2.13. The van der Waals surface area contributed by atoms with Crippen molar-refractivity contribution in [3.8, 4) is 5.75 Å². The predicted octanol–water partition coefficient (Wildman–Crippen LogP) is 3.54. The Kier molecular flexibility index (Phi) is 5.39. The molecule has 0 N–H and O–H groups in total. The summed E-state index contributed by atoms with van der Waals surface area (Å²) in [5.41, 5.74) is 1.19. The lowest BCUT2D eigenvalue weighted by atomic mass is 10.0. The second-order valence-electron chi connectivity index (χ2n) is 5.80. The Labute approximate surface area is 140 Å². The van der Waals surface area contributed by atoms with Crippen molar-refractivity contribution in [1.82, 2.24) is 5.16 Å². The van der Waals surface area contributed by atoms with E-state index in [2.05, 4.69) is 5.16 Å². The molecule has 0 saturated carbocycles. The quantitative estimate of drug-likeness (QED) is 0.595. The molecule has 0 amide bonds. The van der Waals surface area contributed by atoms with E-state index in [1.54, 1.807) is 45.2 Å². The molecular formula is C18H21NO5. The Bertz CT molecular complexity index is 730. The molecule has 1 aromatic heterocycles. The lowest BCUT2D eigenvalue weighted by molar-refractivity contribution is 0.0315. The first-order chi connectivity index (χ1) is 11.3. The minimum Gasteiger partial charge on any atom is -0.497 e. The number of hydrogen-bond acceptors (Lipinski definition) is 6. The molecule has 1 atom stereocenters. The van der Waals surface area contributed by atoms with Gasteiger partial charge in [-0.2, -0.15) is 0 Å².